The molecule has 1 atom stereocenters. The monoisotopic (exact) mass is 364 g/mol. The summed E-state index contributed by atoms with van der Waals surface area (Å²) in [6, 6.07) is 4.26. The molecule has 0 aliphatic carbocycles. The van der Waals surface area contributed by atoms with Gasteiger partial charge in [0.25, 0.3) is 5.91 Å². The number of aromatic nitrogens is 2. The van der Waals surface area contributed by atoms with E-state index in [-0.39, 0.29) is 17.5 Å². The van der Waals surface area contributed by atoms with Gasteiger partial charge in [0.2, 0.25) is 5.91 Å². The number of amides is 2. The van der Waals surface area contributed by atoms with Crippen LogP contribution in [0, 0.1) is 0 Å². The molecule has 124 valence electrons. The van der Waals surface area contributed by atoms with E-state index in [0.717, 1.165) is 6.42 Å². The Morgan fingerprint density at radius 3 is 2.79 bits per heavy atom. The Labute approximate surface area is 148 Å². The van der Waals surface area contributed by atoms with E-state index in [2.05, 4.69) is 15.3 Å². The van der Waals surface area contributed by atoms with Gasteiger partial charge in [-0.15, -0.1) is 0 Å². The Morgan fingerprint density at radius 2 is 2.08 bits per heavy atom. The molecule has 1 aromatic heterocycles. The van der Waals surface area contributed by atoms with Crippen LogP contribution in [0.1, 0.15) is 23.3 Å². The quantitative estimate of drug-likeness (QED) is 0.907. The second-order valence-corrected chi connectivity index (χ2v) is 6.20. The Morgan fingerprint density at radius 1 is 1.25 bits per heavy atom. The van der Waals surface area contributed by atoms with E-state index in [0.29, 0.717) is 28.7 Å². The minimum Gasteiger partial charge on any atom is -0.325 e. The number of rotatable bonds is 3. The number of halogens is 2. The molecule has 3 rings (SSSR count). The van der Waals surface area contributed by atoms with Crippen LogP contribution in [-0.2, 0) is 4.79 Å². The van der Waals surface area contributed by atoms with Gasteiger partial charge >= 0.3 is 0 Å². The summed E-state index contributed by atoms with van der Waals surface area (Å²) >= 11 is 11.9. The second kappa shape index (κ2) is 7.15. The van der Waals surface area contributed by atoms with Crippen LogP contribution < -0.4 is 5.32 Å². The molecule has 0 bridgehead atoms. The van der Waals surface area contributed by atoms with Crippen LogP contribution in [0.3, 0.4) is 0 Å². The molecule has 1 aromatic carbocycles. The van der Waals surface area contributed by atoms with E-state index in [1.165, 1.54) is 23.5 Å². The van der Waals surface area contributed by atoms with E-state index in [4.69, 9.17) is 23.2 Å². The van der Waals surface area contributed by atoms with Crippen molar-refractivity contribution in [1.82, 2.24) is 14.9 Å². The van der Waals surface area contributed by atoms with Crippen LogP contribution in [0.15, 0.2) is 36.8 Å². The lowest BCUT2D eigenvalue weighted by molar-refractivity contribution is -0.119. The molecular formula is C16H14Cl2N4O2. The van der Waals surface area contributed by atoms with Gasteiger partial charge in [-0.25, -0.2) is 4.98 Å². The van der Waals surface area contributed by atoms with Gasteiger partial charge in [-0.05, 0) is 31.0 Å². The van der Waals surface area contributed by atoms with Crippen molar-refractivity contribution in [2.75, 3.05) is 11.9 Å². The molecule has 0 saturated carbocycles. The zero-order valence-corrected chi connectivity index (χ0v) is 14.1. The third-order valence-electron chi connectivity index (χ3n) is 3.79. The van der Waals surface area contributed by atoms with E-state index >= 15 is 0 Å². The van der Waals surface area contributed by atoms with E-state index < -0.39 is 6.04 Å². The van der Waals surface area contributed by atoms with Crippen LogP contribution >= 0.6 is 23.2 Å². The average Bonchev–Trinajstić information content (AvgIpc) is 3.07. The molecule has 6 nitrogen and oxygen atoms in total. The van der Waals surface area contributed by atoms with Crippen molar-refractivity contribution in [1.29, 1.82) is 0 Å². The zero-order chi connectivity index (χ0) is 17.1. The highest BCUT2D eigenvalue weighted by atomic mass is 35.5. The van der Waals surface area contributed by atoms with Crippen molar-refractivity contribution >= 4 is 40.7 Å². The number of nitrogens with zero attached hydrogens (tertiary/aromatic N) is 3. The van der Waals surface area contributed by atoms with Gasteiger partial charge in [0.1, 0.15) is 11.7 Å². The third kappa shape index (κ3) is 3.49. The Bertz CT molecular complexity index is 770. The number of nitrogens with one attached hydrogen (secondary N) is 1. The van der Waals surface area contributed by atoms with Gasteiger partial charge in [0.15, 0.2) is 0 Å². The van der Waals surface area contributed by atoms with Crippen molar-refractivity contribution in [3.05, 3.63) is 52.5 Å². The summed E-state index contributed by atoms with van der Waals surface area (Å²) in [5.41, 5.74) is 0.687. The molecule has 1 N–H and O–H groups in total. The van der Waals surface area contributed by atoms with E-state index in [1.807, 2.05) is 0 Å². The number of hydrogen-bond donors (Lipinski definition) is 1. The smallest absolute Gasteiger partial charge is 0.274 e. The number of carbonyl (C=O) groups excluding carboxylic acids is 2. The zero-order valence-electron chi connectivity index (χ0n) is 12.6. The second-order valence-electron chi connectivity index (χ2n) is 5.36. The first kappa shape index (κ1) is 16.7. The maximum atomic E-state index is 12.6. The van der Waals surface area contributed by atoms with Gasteiger partial charge in [-0.3, -0.25) is 14.6 Å². The largest absolute Gasteiger partial charge is 0.325 e. The lowest BCUT2D eigenvalue weighted by Gasteiger charge is -2.23. The van der Waals surface area contributed by atoms with Gasteiger partial charge in [0, 0.05) is 24.0 Å². The fourth-order valence-corrected chi connectivity index (χ4v) is 3.10. The molecule has 24 heavy (non-hydrogen) atoms. The number of likely N-dealkylation sites (tertiary alicyclic amines) is 1. The summed E-state index contributed by atoms with van der Waals surface area (Å²) in [4.78, 5) is 34.5. The van der Waals surface area contributed by atoms with Crippen LogP contribution in [0.25, 0.3) is 0 Å². The third-order valence-corrected chi connectivity index (χ3v) is 4.34. The molecule has 1 saturated heterocycles. The van der Waals surface area contributed by atoms with Crippen LogP contribution in [0.5, 0.6) is 0 Å². The molecule has 1 aliphatic rings. The molecule has 0 unspecified atom stereocenters. The maximum Gasteiger partial charge on any atom is 0.274 e. The molecular weight excluding hydrogens is 351 g/mol. The summed E-state index contributed by atoms with van der Waals surface area (Å²) in [6.45, 7) is 0.502. The van der Waals surface area contributed by atoms with E-state index in [1.54, 1.807) is 18.2 Å². The first-order chi connectivity index (χ1) is 11.6. The molecule has 2 aromatic rings. The number of anilines is 1. The number of hydrogen-bond acceptors (Lipinski definition) is 4. The summed E-state index contributed by atoms with van der Waals surface area (Å²) < 4.78 is 0. The summed E-state index contributed by atoms with van der Waals surface area (Å²) in [6.07, 6.45) is 5.67. The molecule has 0 spiro atoms. The summed E-state index contributed by atoms with van der Waals surface area (Å²) in [5.74, 6) is -0.586. The molecule has 1 fully saturated rings. The number of benzene rings is 1. The van der Waals surface area contributed by atoms with Crippen molar-refractivity contribution < 1.29 is 9.59 Å². The van der Waals surface area contributed by atoms with Gasteiger partial charge in [-0.1, -0.05) is 23.2 Å². The fraction of sp³-hybridized carbons (Fsp3) is 0.250. The molecule has 2 amide bonds. The highest BCUT2D eigenvalue weighted by Gasteiger charge is 2.35. The predicted octanol–water partition coefficient (Wildman–Crippen LogP) is 3.03. The molecule has 2 heterocycles. The highest BCUT2D eigenvalue weighted by Crippen LogP contribution is 2.27. The topological polar surface area (TPSA) is 75.2 Å². The SMILES string of the molecule is O=C(Nc1ccc(Cl)cc1Cl)[C@H]1CCCN1C(=O)c1cnccn1. The fourth-order valence-electron chi connectivity index (χ4n) is 2.65. The highest BCUT2D eigenvalue weighted by molar-refractivity contribution is 6.36. The Balaban J connectivity index is 1.75. The normalized spacial score (nSPS) is 16.9. The molecule has 0 radical (unpaired) electrons. The van der Waals surface area contributed by atoms with Gasteiger partial charge in [0.05, 0.1) is 16.9 Å². The predicted molar refractivity (Wildman–Crippen MR) is 91.2 cm³/mol. The number of carbonyl (C=O) groups is 2. The van der Waals surface area contributed by atoms with Crippen molar-refractivity contribution in [2.24, 2.45) is 0 Å². The minimum atomic E-state index is -0.564. The lowest BCUT2D eigenvalue weighted by atomic mass is 10.2. The van der Waals surface area contributed by atoms with Crippen LogP contribution in [-0.4, -0.2) is 39.3 Å². The van der Waals surface area contributed by atoms with Crippen molar-refractivity contribution in [3.8, 4) is 0 Å². The molecule has 1 aliphatic heterocycles. The summed E-state index contributed by atoms with van der Waals surface area (Å²) in [5, 5.41) is 3.59. The van der Waals surface area contributed by atoms with Crippen LogP contribution in [0.4, 0.5) is 5.69 Å². The first-order valence-corrected chi connectivity index (χ1v) is 8.15. The van der Waals surface area contributed by atoms with Gasteiger partial charge < -0.3 is 10.2 Å². The first-order valence-electron chi connectivity index (χ1n) is 7.39. The Hall–Kier alpha value is -2.18. The van der Waals surface area contributed by atoms with Crippen molar-refractivity contribution in [2.45, 2.75) is 18.9 Å². The minimum absolute atomic E-state index is 0.224. The maximum absolute atomic E-state index is 12.6. The lowest BCUT2D eigenvalue weighted by Crippen LogP contribution is -2.43. The Kier molecular flexibility index (Phi) is 4.97. The standard InChI is InChI=1S/C16H14Cl2N4O2/c17-10-3-4-12(11(18)8-10)21-15(23)14-2-1-7-22(14)16(24)13-9-19-5-6-20-13/h3-6,8-9,14H,1-2,7H2,(H,21,23)/t14-/m1/s1. The summed E-state index contributed by atoms with van der Waals surface area (Å²) in [7, 11) is 0. The van der Waals surface area contributed by atoms with Gasteiger partial charge in [-0.2, -0.15) is 0 Å². The van der Waals surface area contributed by atoms with Crippen LogP contribution in [0.2, 0.25) is 10.0 Å². The average molecular weight is 365 g/mol. The van der Waals surface area contributed by atoms with E-state index in [9.17, 15) is 9.59 Å². The van der Waals surface area contributed by atoms with Crippen molar-refractivity contribution in [3.63, 3.8) is 0 Å². The molecule has 8 heteroatoms.